The number of nitrogens with two attached hydrogens (primary N) is 1. The van der Waals surface area contributed by atoms with E-state index >= 15 is 0 Å². The van der Waals surface area contributed by atoms with Crippen LogP contribution in [0.4, 0.5) is 23.5 Å². The van der Waals surface area contributed by atoms with Gasteiger partial charge in [-0.2, -0.15) is 19.3 Å². The maximum atomic E-state index is 11.3. The fourth-order valence-corrected chi connectivity index (χ4v) is 3.34. The molecule has 0 saturated carbocycles. The van der Waals surface area contributed by atoms with Gasteiger partial charge in [0.25, 0.3) is 0 Å². The van der Waals surface area contributed by atoms with E-state index in [-0.39, 0.29) is 101 Å². The van der Waals surface area contributed by atoms with E-state index in [1.165, 1.54) is 6.07 Å². The van der Waals surface area contributed by atoms with Crippen molar-refractivity contribution in [1.29, 1.82) is 0 Å². The zero-order valence-corrected chi connectivity index (χ0v) is 23.5. The molecule has 166 valence electrons. The first kappa shape index (κ1) is 31.7. The number of benzene rings is 1. The summed E-state index contributed by atoms with van der Waals surface area (Å²) in [6.45, 7) is 0.166. The zero-order chi connectivity index (χ0) is 22.4. The average Bonchev–Trinajstić information content (AvgIpc) is 2.62. The van der Waals surface area contributed by atoms with Crippen LogP contribution in [0.2, 0.25) is 0 Å². The third-order valence-corrected chi connectivity index (χ3v) is 5.28. The molecular weight excluding hydrogens is 512 g/mol. The van der Waals surface area contributed by atoms with E-state index in [0.29, 0.717) is 12.0 Å². The largest absolute Gasteiger partial charge is 1.00 e. The first-order chi connectivity index (χ1) is 14.0. The first-order valence-electron chi connectivity index (χ1n) is 7.68. The molecule has 0 radical (unpaired) electrons. The Morgan fingerprint density at radius 1 is 1.09 bits per heavy atom. The van der Waals surface area contributed by atoms with Gasteiger partial charge in [-0.15, -0.1) is 0 Å². The van der Waals surface area contributed by atoms with Crippen LogP contribution in [-0.4, -0.2) is 55.7 Å². The smallest absolute Gasteiger partial charge is 0.744 e. The second-order valence-corrected chi connectivity index (χ2v) is 9.35. The van der Waals surface area contributed by atoms with E-state index in [1.54, 1.807) is 0 Å². The molecule has 2 aromatic rings. The molecule has 1 heterocycles. The molecule has 0 aliphatic rings. The summed E-state index contributed by atoms with van der Waals surface area (Å²) in [7, 11) is -8.14. The summed E-state index contributed by atoms with van der Waals surface area (Å²) >= 11 is 0.436. The van der Waals surface area contributed by atoms with Gasteiger partial charge in [0.2, 0.25) is 27.9 Å². The van der Waals surface area contributed by atoms with Crippen molar-refractivity contribution >= 4 is 55.7 Å². The second-order valence-electron chi connectivity index (χ2n) is 5.39. The molecule has 20 heteroatoms. The molecule has 32 heavy (non-hydrogen) atoms. The van der Waals surface area contributed by atoms with Crippen LogP contribution in [0.3, 0.4) is 0 Å². The van der Waals surface area contributed by atoms with Crippen molar-refractivity contribution in [3.8, 4) is 0 Å². The third kappa shape index (κ3) is 11.2. The Hall–Kier alpha value is -0.320. The van der Waals surface area contributed by atoms with Gasteiger partial charge < -0.3 is 26.2 Å². The monoisotopic (exact) mass is 527 g/mol. The average molecular weight is 527 g/mol. The van der Waals surface area contributed by atoms with Crippen LogP contribution in [0.25, 0.3) is 0 Å². The van der Waals surface area contributed by atoms with Gasteiger partial charge >= 0.3 is 59.1 Å². The van der Waals surface area contributed by atoms with Crippen molar-refractivity contribution in [3.63, 3.8) is 0 Å². The van der Waals surface area contributed by atoms with Crippen LogP contribution in [0.15, 0.2) is 28.0 Å². The maximum Gasteiger partial charge on any atom is 1.00 e. The molecule has 0 amide bonds. The van der Waals surface area contributed by atoms with Gasteiger partial charge in [-0.1, -0.05) is 0 Å². The molecule has 0 bridgehead atoms. The van der Waals surface area contributed by atoms with Crippen LogP contribution in [-0.2, 0) is 29.5 Å². The van der Waals surface area contributed by atoms with Crippen molar-refractivity contribution in [1.82, 2.24) is 19.7 Å². The number of nitrogen functional groups attached to an aromatic ring is 1. The van der Waals surface area contributed by atoms with Crippen LogP contribution in [0.1, 0.15) is 0 Å². The molecule has 0 spiro atoms. The Bertz CT molecular complexity index is 1110. The van der Waals surface area contributed by atoms with Gasteiger partial charge in [0.15, 0.2) is 0 Å². The summed E-state index contributed by atoms with van der Waals surface area (Å²) in [6.07, 6.45) is 1.00. The van der Waals surface area contributed by atoms with E-state index in [4.69, 9.17) is 5.73 Å². The minimum atomic E-state index is -4.78. The van der Waals surface area contributed by atoms with Gasteiger partial charge in [0, 0.05) is 13.1 Å². The summed E-state index contributed by atoms with van der Waals surface area (Å²) in [6, 6.07) is 3.17. The third-order valence-electron chi connectivity index (χ3n) is 3.06. The van der Waals surface area contributed by atoms with Crippen molar-refractivity contribution < 1.29 is 95.1 Å². The van der Waals surface area contributed by atoms with E-state index in [2.05, 4.69) is 39.7 Å². The maximum absolute atomic E-state index is 11.3. The number of rotatable bonds is 11. The molecular formula is C12H15N7Na2O8S3. The molecule has 0 saturated heterocycles. The Morgan fingerprint density at radius 3 is 2.34 bits per heavy atom. The number of hydrogen-bond acceptors (Lipinski definition) is 15. The molecule has 0 fully saturated rings. The number of aromatic nitrogens is 3. The summed E-state index contributed by atoms with van der Waals surface area (Å²) in [5.74, 6) is -0.375. The number of nitrogens with zero attached hydrogens (tertiary/aromatic N) is 3. The van der Waals surface area contributed by atoms with Crippen molar-refractivity contribution in [2.24, 2.45) is 0 Å². The van der Waals surface area contributed by atoms with Gasteiger partial charge in [-0.05, 0) is 18.2 Å². The summed E-state index contributed by atoms with van der Waals surface area (Å²) in [4.78, 5) is 11.3. The molecule has 0 unspecified atom stereocenters. The molecule has 15 nitrogen and oxygen atoms in total. The Labute approximate surface area is 232 Å². The Morgan fingerprint density at radius 2 is 1.75 bits per heavy atom. The van der Waals surface area contributed by atoms with Crippen molar-refractivity contribution in [2.45, 2.75) is 9.79 Å². The van der Waals surface area contributed by atoms with Crippen LogP contribution < -0.4 is 85.5 Å². The van der Waals surface area contributed by atoms with Crippen LogP contribution in [0, 0.1) is 0 Å². The Kier molecular flexibility index (Phi) is 14.0. The zero-order valence-electron chi connectivity index (χ0n) is 17.1. The normalized spacial score (nSPS) is 11.2. The molecule has 0 atom stereocenters. The second kappa shape index (κ2) is 14.2. The van der Waals surface area contributed by atoms with Crippen molar-refractivity contribution in [2.75, 3.05) is 35.7 Å². The number of nitrogens with one attached hydrogen (secondary N) is 3. The molecule has 2 rings (SSSR count). The summed E-state index contributed by atoms with van der Waals surface area (Å²) in [5, 5.41) is 18.7. The number of hydrogen-bond donors (Lipinski definition) is 4. The van der Waals surface area contributed by atoms with Crippen LogP contribution in [0.5, 0.6) is 0 Å². The molecule has 0 aliphatic carbocycles. The molecule has 1 aromatic carbocycles. The standard InChI is InChI=1S/C12H17N7O8S3.2Na/c1-29(21,22)15-5-4-14-11-17-10(13)18-12(19-11)16-8-6-7(30(23,24)25)2-3-9(8)28-27-26-20;;/h2-3,6,15,20H,4-5H2,1H3,(H,23,24,25)(H4,13,14,16,17,18,19);;/q;2*+1/p-2. The van der Waals surface area contributed by atoms with E-state index in [0.717, 1.165) is 18.4 Å². The van der Waals surface area contributed by atoms with E-state index in [9.17, 15) is 26.6 Å². The fraction of sp³-hybridized carbons (Fsp3) is 0.250. The SMILES string of the molecule is CS(=O)(=O)NCCNc1nc(N)nc(Nc2cc(S(=O)(=O)[O-])ccc2SOO[O-])n1.[Na+].[Na+]. The van der Waals surface area contributed by atoms with Gasteiger partial charge in [-0.25, -0.2) is 21.6 Å². The van der Waals surface area contributed by atoms with Crippen molar-refractivity contribution in [3.05, 3.63) is 18.2 Å². The molecule has 1 aromatic heterocycles. The summed E-state index contributed by atoms with van der Waals surface area (Å²) < 4.78 is 62.4. The topological polar surface area (TPSA) is 234 Å². The fourth-order valence-electron chi connectivity index (χ4n) is 1.94. The predicted octanol–water partition coefficient (Wildman–Crippen LogP) is -7.70. The molecule has 0 aliphatic heterocycles. The minimum Gasteiger partial charge on any atom is -0.744 e. The summed E-state index contributed by atoms with van der Waals surface area (Å²) in [5.41, 5.74) is 5.60. The predicted molar refractivity (Wildman–Crippen MR) is 101 cm³/mol. The Balaban J connectivity index is 0.00000480. The van der Waals surface area contributed by atoms with Gasteiger partial charge in [0.05, 0.1) is 33.8 Å². The van der Waals surface area contributed by atoms with E-state index < -0.39 is 25.0 Å². The first-order valence-corrected chi connectivity index (χ1v) is 11.7. The number of sulfonamides is 1. The number of anilines is 4. The quantitative estimate of drug-likeness (QED) is 0.0530. The van der Waals surface area contributed by atoms with E-state index in [1.807, 2.05) is 0 Å². The van der Waals surface area contributed by atoms with Crippen LogP contribution >= 0.6 is 12.0 Å². The minimum absolute atomic E-state index is 0. The van der Waals surface area contributed by atoms with Gasteiger partial charge in [0.1, 0.15) is 10.1 Å². The molecule has 5 N–H and O–H groups in total. The van der Waals surface area contributed by atoms with Gasteiger partial charge in [-0.3, -0.25) is 5.04 Å².